The molecule has 0 bridgehead atoms. The fraction of sp³-hybridized carbons (Fsp3) is 0.444. The van der Waals surface area contributed by atoms with Gasteiger partial charge in [-0.3, -0.25) is 4.79 Å². The largest absolute Gasteiger partial charge is 0.495 e. The number of hydrogen-bond acceptors (Lipinski definition) is 6. The molecule has 1 aliphatic heterocycles. The normalized spacial score (nSPS) is 14.1. The number of halogens is 2. The lowest BCUT2D eigenvalue weighted by atomic mass is 10.0. The quantitative estimate of drug-likeness (QED) is 0.733. The maximum Gasteiger partial charge on any atom is 0.270 e. The third-order valence-corrected chi connectivity index (χ3v) is 5.31. The van der Waals surface area contributed by atoms with Gasteiger partial charge in [0.05, 0.1) is 17.8 Å². The minimum Gasteiger partial charge on any atom is -0.495 e. The van der Waals surface area contributed by atoms with Crippen molar-refractivity contribution in [2.24, 2.45) is 5.73 Å². The molecule has 1 aromatic carbocycles. The molecule has 6 nitrogen and oxygen atoms in total. The number of benzene rings is 1. The van der Waals surface area contributed by atoms with Gasteiger partial charge in [-0.15, -0.1) is 36.2 Å². The number of nitrogens with zero attached hydrogens (tertiary/aromatic N) is 2. The zero-order valence-electron chi connectivity index (χ0n) is 15.2. The van der Waals surface area contributed by atoms with Crippen LogP contribution >= 0.6 is 36.2 Å². The molecule has 0 saturated carbocycles. The molecule has 1 fully saturated rings. The number of carbonyl (C=O) groups excluding carboxylic acids is 1. The molecule has 3 N–H and O–H groups in total. The van der Waals surface area contributed by atoms with Crippen molar-refractivity contribution in [2.75, 3.05) is 31.6 Å². The Morgan fingerprint density at radius 1 is 1.33 bits per heavy atom. The van der Waals surface area contributed by atoms with Crippen LogP contribution in [0.1, 0.15) is 28.3 Å². The predicted molar refractivity (Wildman–Crippen MR) is 115 cm³/mol. The van der Waals surface area contributed by atoms with Gasteiger partial charge in [-0.25, -0.2) is 4.98 Å². The van der Waals surface area contributed by atoms with Gasteiger partial charge in [-0.05, 0) is 31.5 Å². The van der Waals surface area contributed by atoms with Crippen molar-refractivity contribution < 1.29 is 9.53 Å². The Balaban J connectivity index is 0.00000182. The van der Waals surface area contributed by atoms with Crippen LogP contribution in [0.25, 0.3) is 0 Å². The fourth-order valence-electron chi connectivity index (χ4n) is 3.07. The first-order valence-corrected chi connectivity index (χ1v) is 9.42. The highest BCUT2D eigenvalue weighted by Crippen LogP contribution is 2.29. The van der Waals surface area contributed by atoms with Crippen molar-refractivity contribution in [1.82, 2.24) is 10.3 Å². The second-order valence-corrected chi connectivity index (χ2v) is 7.01. The maximum atomic E-state index is 12.4. The van der Waals surface area contributed by atoms with Gasteiger partial charge in [0.25, 0.3) is 5.91 Å². The van der Waals surface area contributed by atoms with Gasteiger partial charge in [-0.1, -0.05) is 12.1 Å². The standard InChI is InChI=1S/C18H24N4O2S.2ClH/c1-24-16-5-3-2-4-15(16)22-10-7-13(8-11-22)20-18(23)14-12-25-17(21-14)6-9-19;;/h2-5,12-13H,6-11,19H2,1H3,(H,20,23);2*1H. The van der Waals surface area contributed by atoms with Crippen molar-refractivity contribution in [3.63, 3.8) is 0 Å². The molecule has 0 aliphatic carbocycles. The summed E-state index contributed by atoms with van der Waals surface area (Å²) in [4.78, 5) is 19.0. The van der Waals surface area contributed by atoms with Crippen LogP contribution in [-0.2, 0) is 6.42 Å². The molecule has 1 amide bonds. The van der Waals surface area contributed by atoms with Crippen LogP contribution < -0.4 is 20.7 Å². The number of rotatable bonds is 6. The van der Waals surface area contributed by atoms with Gasteiger partial charge in [0.1, 0.15) is 11.4 Å². The highest BCUT2D eigenvalue weighted by Gasteiger charge is 2.23. The van der Waals surface area contributed by atoms with Crippen LogP contribution in [0.2, 0.25) is 0 Å². The first-order chi connectivity index (χ1) is 12.2. The first-order valence-electron chi connectivity index (χ1n) is 8.54. The highest BCUT2D eigenvalue weighted by atomic mass is 35.5. The maximum absolute atomic E-state index is 12.4. The second-order valence-electron chi connectivity index (χ2n) is 6.07. The summed E-state index contributed by atoms with van der Waals surface area (Å²) in [7, 11) is 1.69. The molecule has 1 aromatic heterocycles. The summed E-state index contributed by atoms with van der Waals surface area (Å²) >= 11 is 1.49. The van der Waals surface area contributed by atoms with E-state index < -0.39 is 0 Å². The van der Waals surface area contributed by atoms with E-state index in [0.717, 1.165) is 48.8 Å². The Kier molecular flexibility index (Phi) is 9.87. The molecule has 27 heavy (non-hydrogen) atoms. The van der Waals surface area contributed by atoms with Gasteiger partial charge in [0.15, 0.2) is 0 Å². The highest BCUT2D eigenvalue weighted by molar-refractivity contribution is 7.09. The van der Waals surface area contributed by atoms with Gasteiger partial charge in [0, 0.05) is 30.9 Å². The molecule has 1 saturated heterocycles. The van der Waals surface area contributed by atoms with Crippen molar-refractivity contribution in [3.05, 3.63) is 40.3 Å². The number of hydrogen-bond donors (Lipinski definition) is 2. The fourth-order valence-corrected chi connectivity index (χ4v) is 3.86. The topological polar surface area (TPSA) is 80.5 Å². The molecule has 0 spiro atoms. The summed E-state index contributed by atoms with van der Waals surface area (Å²) in [6.07, 6.45) is 2.53. The summed E-state index contributed by atoms with van der Waals surface area (Å²) in [6, 6.07) is 8.23. The number of amides is 1. The van der Waals surface area contributed by atoms with E-state index in [1.54, 1.807) is 7.11 Å². The van der Waals surface area contributed by atoms with Crippen molar-refractivity contribution in [3.8, 4) is 5.75 Å². The Morgan fingerprint density at radius 3 is 2.70 bits per heavy atom. The number of piperidine rings is 1. The number of ether oxygens (including phenoxy) is 1. The Labute approximate surface area is 176 Å². The summed E-state index contributed by atoms with van der Waals surface area (Å²) < 4.78 is 5.44. The van der Waals surface area contributed by atoms with Gasteiger partial charge < -0.3 is 20.7 Å². The molecule has 150 valence electrons. The van der Waals surface area contributed by atoms with E-state index in [0.29, 0.717) is 12.2 Å². The molecule has 0 unspecified atom stereocenters. The van der Waals surface area contributed by atoms with Gasteiger partial charge in [-0.2, -0.15) is 0 Å². The zero-order valence-corrected chi connectivity index (χ0v) is 17.7. The lowest BCUT2D eigenvalue weighted by Crippen LogP contribution is -2.44. The summed E-state index contributed by atoms with van der Waals surface area (Å²) in [5.41, 5.74) is 7.14. The molecule has 1 aliphatic rings. The van der Waals surface area contributed by atoms with E-state index in [1.165, 1.54) is 11.3 Å². The number of methoxy groups -OCH3 is 1. The summed E-state index contributed by atoms with van der Waals surface area (Å²) in [5, 5.41) is 5.83. The number of carbonyl (C=O) groups is 1. The van der Waals surface area contributed by atoms with Crippen LogP contribution in [0.3, 0.4) is 0 Å². The number of aromatic nitrogens is 1. The average molecular weight is 433 g/mol. The molecule has 0 radical (unpaired) electrons. The summed E-state index contributed by atoms with van der Waals surface area (Å²) in [5.74, 6) is 0.801. The predicted octanol–water partition coefficient (Wildman–Crippen LogP) is 2.90. The van der Waals surface area contributed by atoms with E-state index in [4.69, 9.17) is 10.5 Å². The smallest absolute Gasteiger partial charge is 0.270 e. The SMILES string of the molecule is COc1ccccc1N1CCC(NC(=O)c2csc(CCN)n2)CC1.Cl.Cl. The van der Waals surface area contributed by atoms with E-state index in [2.05, 4.69) is 21.3 Å². The first kappa shape index (κ1) is 23.5. The number of thiazole rings is 1. The van der Waals surface area contributed by atoms with Crippen LogP contribution in [0.5, 0.6) is 5.75 Å². The van der Waals surface area contributed by atoms with E-state index in [-0.39, 0.29) is 36.8 Å². The lowest BCUT2D eigenvalue weighted by Gasteiger charge is -2.34. The third-order valence-electron chi connectivity index (χ3n) is 4.40. The Bertz CT molecular complexity index is 721. The minimum atomic E-state index is -0.0877. The Hall–Kier alpha value is -1.54. The number of nitrogens with two attached hydrogens (primary N) is 1. The van der Waals surface area contributed by atoms with Gasteiger partial charge in [0.2, 0.25) is 0 Å². The average Bonchev–Trinajstić information content (AvgIpc) is 3.11. The monoisotopic (exact) mass is 432 g/mol. The van der Waals surface area contributed by atoms with Crippen molar-refractivity contribution >= 4 is 47.7 Å². The van der Waals surface area contributed by atoms with Gasteiger partial charge >= 0.3 is 0 Å². The molecular weight excluding hydrogens is 407 g/mol. The molecule has 3 rings (SSSR count). The summed E-state index contributed by atoms with van der Waals surface area (Å²) in [6.45, 7) is 2.33. The second kappa shape index (κ2) is 11.3. The van der Waals surface area contributed by atoms with Crippen molar-refractivity contribution in [1.29, 1.82) is 0 Å². The third kappa shape index (κ3) is 5.97. The number of nitrogens with one attached hydrogen (secondary N) is 1. The lowest BCUT2D eigenvalue weighted by molar-refractivity contribution is 0.0926. The Morgan fingerprint density at radius 2 is 2.04 bits per heavy atom. The van der Waals surface area contributed by atoms with Crippen LogP contribution in [0, 0.1) is 0 Å². The van der Waals surface area contributed by atoms with Crippen LogP contribution in [-0.4, -0.2) is 43.7 Å². The molecule has 2 heterocycles. The molecular formula is C18H26Cl2N4O2S. The minimum absolute atomic E-state index is 0. The van der Waals surface area contributed by atoms with Crippen LogP contribution in [0.15, 0.2) is 29.6 Å². The number of anilines is 1. The molecule has 0 atom stereocenters. The van der Waals surface area contributed by atoms with E-state index in [1.807, 2.05) is 23.6 Å². The van der Waals surface area contributed by atoms with Crippen LogP contribution in [0.4, 0.5) is 5.69 Å². The zero-order chi connectivity index (χ0) is 17.6. The number of para-hydroxylation sites is 2. The van der Waals surface area contributed by atoms with E-state index >= 15 is 0 Å². The van der Waals surface area contributed by atoms with Crippen molar-refractivity contribution in [2.45, 2.75) is 25.3 Å². The molecule has 2 aromatic rings. The molecule has 9 heteroatoms. The van der Waals surface area contributed by atoms with E-state index in [9.17, 15) is 4.79 Å².